The van der Waals surface area contributed by atoms with Crippen molar-refractivity contribution in [2.75, 3.05) is 13.1 Å². The Morgan fingerprint density at radius 2 is 1.85 bits per heavy atom. The molecule has 0 spiro atoms. The molecule has 5 nitrogen and oxygen atoms in total. The first-order valence-corrected chi connectivity index (χ1v) is 8.82. The summed E-state index contributed by atoms with van der Waals surface area (Å²) in [5.41, 5.74) is 2.55. The maximum atomic E-state index is 14.4. The van der Waals surface area contributed by atoms with Crippen LogP contribution in [0.15, 0.2) is 36.4 Å². The summed E-state index contributed by atoms with van der Waals surface area (Å²) in [4.78, 5) is 27.5. The lowest BCUT2D eigenvalue weighted by Gasteiger charge is -2.11. The summed E-state index contributed by atoms with van der Waals surface area (Å²) < 4.78 is 14.4. The first kappa shape index (κ1) is 18.6. The van der Waals surface area contributed by atoms with E-state index in [1.165, 1.54) is 6.07 Å². The first-order chi connectivity index (χ1) is 13.0. The van der Waals surface area contributed by atoms with Gasteiger partial charge in [-0.2, -0.15) is 0 Å². The van der Waals surface area contributed by atoms with E-state index in [2.05, 4.69) is 15.5 Å². The second-order valence-corrected chi connectivity index (χ2v) is 6.59. The zero-order chi connectivity index (χ0) is 19.4. The van der Waals surface area contributed by atoms with Crippen LogP contribution in [0, 0.1) is 19.3 Å². The van der Waals surface area contributed by atoms with Gasteiger partial charge in [0.25, 0.3) is 11.8 Å². The highest BCUT2D eigenvalue weighted by Crippen LogP contribution is 2.28. The maximum Gasteiger partial charge on any atom is 0.251 e. The summed E-state index contributed by atoms with van der Waals surface area (Å²) in [7, 11) is 0. The van der Waals surface area contributed by atoms with Crippen molar-refractivity contribution in [2.24, 2.45) is 0 Å². The number of halogens is 1. The van der Waals surface area contributed by atoms with Gasteiger partial charge in [0.05, 0.1) is 6.54 Å². The van der Waals surface area contributed by atoms with Gasteiger partial charge in [0.2, 0.25) is 6.54 Å². The molecule has 1 aliphatic rings. The molecule has 0 heterocycles. The summed E-state index contributed by atoms with van der Waals surface area (Å²) >= 11 is 0. The number of benzene rings is 2. The van der Waals surface area contributed by atoms with E-state index >= 15 is 0 Å². The van der Waals surface area contributed by atoms with Crippen molar-refractivity contribution in [3.8, 4) is 11.1 Å². The van der Waals surface area contributed by atoms with Crippen LogP contribution < -0.4 is 10.6 Å². The van der Waals surface area contributed by atoms with Crippen LogP contribution in [0.25, 0.3) is 16.0 Å². The second kappa shape index (κ2) is 8.00. The van der Waals surface area contributed by atoms with Gasteiger partial charge in [-0.15, -0.1) is 0 Å². The van der Waals surface area contributed by atoms with Crippen molar-refractivity contribution in [2.45, 2.75) is 25.8 Å². The largest absolute Gasteiger partial charge is 0.349 e. The minimum absolute atomic E-state index is 0.200. The molecule has 2 aromatic carbocycles. The van der Waals surface area contributed by atoms with Crippen molar-refractivity contribution >= 4 is 11.8 Å². The number of nitrogens with zero attached hydrogens (tertiary/aromatic N) is 1. The molecule has 2 amide bonds. The highest BCUT2D eigenvalue weighted by molar-refractivity contribution is 5.97. The van der Waals surface area contributed by atoms with Crippen LogP contribution in [-0.4, -0.2) is 30.9 Å². The predicted octanol–water partition coefficient (Wildman–Crippen LogP) is 3.34. The van der Waals surface area contributed by atoms with Crippen molar-refractivity contribution in [1.82, 2.24) is 10.6 Å². The van der Waals surface area contributed by atoms with Crippen LogP contribution >= 0.6 is 0 Å². The van der Waals surface area contributed by atoms with Crippen molar-refractivity contribution in [1.29, 1.82) is 0 Å². The van der Waals surface area contributed by atoms with Crippen molar-refractivity contribution in [3.05, 3.63) is 70.3 Å². The molecular weight excluding hydrogens is 345 g/mol. The van der Waals surface area contributed by atoms with Crippen LogP contribution in [0.1, 0.15) is 39.1 Å². The van der Waals surface area contributed by atoms with Crippen LogP contribution in [0.2, 0.25) is 0 Å². The number of carbonyl (C=O) groups excluding carboxylic acids is 2. The summed E-state index contributed by atoms with van der Waals surface area (Å²) in [5.74, 6) is -0.964. The van der Waals surface area contributed by atoms with E-state index in [0.717, 1.165) is 18.4 Å². The molecule has 0 aromatic heterocycles. The third kappa shape index (κ3) is 4.50. The number of carbonyl (C=O) groups is 2. The van der Waals surface area contributed by atoms with Gasteiger partial charge >= 0.3 is 0 Å². The molecular formula is C21H20FN3O2. The lowest BCUT2D eigenvalue weighted by Crippen LogP contribution is -2.25. The molecule has 0 saturated heterocycles. The van der Waals surface area contributed by atoms with Crippen molar-refractivity contribution < 1.29 is 14.0 Å². The smallest absolute Gasteiger partial charge is 0.251 e. The van der Waals surface area contributed by atoms with Crippen LogP contribution in [0.5, 0.6) is 0 Å². The molecule has 0 unspecified atom stereocenters. The standard InChI is InChI=1S/C21H20FN3O2/c1-13-18(11-16(12-19(13)22)21(27)25-17-7-8-17)14-3-5-15(6-4-14)20(26)24-10-9-23-2/h3-6,11-12,17H,7-10H2,1H3,(H,24,26)(H,25,27). The van der Waals surface area contributed by atoms with E-state index in [1.807, 2.05) is 0 Å². The first-order valence-electron chi connectivity index (χ1n) is 8.82. The van der Waals surface area contributed by atoms with E-state index < -0.39 is 5.82 Å². The highest BCUT2D eigenvalue weighted by atomic mass is 19.1. The normalized spacial score (nSPS) is 12.9. The molecule has 0 atom stereocenters. The minimum atomic E-state index is -0.436. The third-order valence-electron chi connectivity index (χ3n) is 4.49. The molecule has 0 radical (unpaired) electrons. The Balaban J connectivity index is 1.82. The zero-order valence-electron chi connectivity index (χ0n) is 15.0. The monoisotopic (exact) mass is 365 g/mol. The van der Waals surface area contributed by atoms with Gasteiger partial charge in [0.1, 0.15) is 5.82 Å². The Bertz CT molecular complexity index is 912. The summed E-state index contributed by atoms with van der Waals surface area (Å²) in [6.45, 7) is 8.91. The second-order valence-electron chi connectivity index (χ2n) is 6.59. The fourth-order valence-electron chi connectivity index (χ4n) is 2.73. The number of hydrogen-bond acceptors (Lipinski definition) is 2. The lowest BCUT2D eigenvalue weighted by molar-refractivity contribution is 0.0944. The molecule has 2 N–H and O–H groups in total. The fourth-order valence-corrected chi connectivity index (χ4v) is 2.73. The van der Waals surface area contributed by atoms with Crippen LogP contribution in [0.4, 0.5) is 4.39 Å². The maximum absolute atomic E-state index is 14.4. The van der Waals surface area contributed by atoms with Gasteiger partial charge in [-0.25, -0.2) is 11.0 Å². The van der Waals surface area contributed by atoms with Crippen molar-refractivity contribution in [3.63, 3.8) is 0 Å². The van der Waals surface area contributed by atoms with E-state index in [9.17, 15) is 14.0 Å². The third-order valence-corrected chi connectivity index (χ3v) is 4.49. The summed E-state index contributed by atoms with van der Waals surface area (Å²) in [6.07, 6.45) is 1.93. The average Bonchev–Trinajstić information content (AvgIpc) is 3.48. The minimum Gasteiger partial charge on any atom is -0.349 e. The van der Waals surface area contributed by atoms with Gasteiger partial charge in [-0.1, -0.05) is 12.1 Å². The zero-order valence-corrected chi connectivity index (χ0v) is 15.0. The molecule has 1 saturated carbocycles. The SMILES string of the molecule is [C-]#[N+]CCNC(=O)c1ccc(-c2cc(C(=O)NC3CC3)cc(F)c2C)cc1. The Hall–Kier alpha value is -3.20. The molecule has 0 bridgehead atoms. The fraction of sp³-hybridized carbons (Fsp3) is 0.286. The molecule has 3 rings (SSSR count). The molecule has 1 fully saturated rings. The van der Waals surface area contributed by atoms with Crippen LogP contribution in [-0.2, 0) is 0 Å². The molecule has 2 aromatic rings. The molecule has 6 heteroatoms. The van der Waals surface area contributed by atoms with E-state index in [1.54, 1.807) is 37.3 Å². The Labute approximate surface area is 157 Å². The molecule has 0 aliphatic heterocycles. The Morgan fingerprint density at radius 3 is 2.48 bits per heavy atom. The van der Waals surface area contributed by atoms with Gasteiger partial charge in [-0.05, 0) is 60.7 Å². The van der Waals surface area contributed by atoms with Gasteiger partial charge in [0.15, 0.2) is 0 Å². The topological polar surface area (TPSA) is 62.6 Å². The average molecular weight is 365 g/mol. The van der Waals surface area contributed by atoms with Gasteiger partial charge < -0.3 is 15.5 Å². The molecule has 27 heavy (non-hydrogen) atoms. The highest BCUT2D eigenvalue weighted by Gasteiger charge is 2.24. The Morgan fingerprint density at radius 1 is 1.15 bits per heavy atom. The summed E-state index contributed by atoms with van der Waals surface area (Å²) in [6, 6.07) is 9.90. The summed E-state index contributed by atoms with van der Waals surface area (Å²) in [5, 5.41) is 5.53. The molecule has 138 valence electrons. The number of rotatable bonds is 6. The van der Waals surface area contributed by atoms with E-state index in [0.29, 0.717) is 28.8 Å². The quantitative estimate of drug-likeness (QED) is 0.609. The van der Waals surface area contributed by atoms with Gasteiger partial charge in [-0.3, -0.25) is 9.59 Å². The van der Waals surface area contributed by atoms with Gasteiger partial charge in [0, 0.05) is 17.2 Å². The number of nitrogens with one attached hydrogen (secondary N) is 2. The predicted molar refractivity (Wildman–Crippen MR) is 101 cm³/mol. The van der Waals surface area contributed by atoms with E-state index in [-0.39, 0.29) is 24.4 Å². The van der Waals surface area contributed by atoms with Crippen LogP contribution in [0.3, 0.4) is 0 Å². The lowest BCUT2D eigenvalue weighted by atomic mass is 9.96. The number of hydrogen-bond donors (Lipinski definition) is 2. The molecule has 1 aliphatic carbocycles. The number of amides is 2. The van der Waals surface area contributed by atoms with E-state index in [4.69, 9.17) is 6.57 Å². The Kier molecular flexibility index (Phi) is 5.51.